The van der Waals surface area contributed by atoms with Crippen molar-refractivity contribution in [3.05, 3.63) is 29.8 Å². The van der Waals surface area contributed by atoms with Gasteiger partial charge in [-0.15, -0.1) is 0 Å². The number of halogens is 3. The molecule has 3 nitrogen and oxygen atoms in total. The zero-order chi connectivity index (χ0) is 15.5. The van der Waals surface area contributed by atoms with Crippen LogP contribution in [0.3, 0.4) is 0 Å². The number of thioether (sulfide) groups is 1. The molecule has 116 valence electrons. The van der Waals surface area contributed by atoms with Gasteiger partial charge in [-0.2, -0.15) is 13.2 Å². The van der Waals surface area contributed by atoms with E-state index in [2.05, 4.69) is 5.32 Å². The maximum atomic E-state index is 12.2. The van der Waals surface area contributed by atoms with Crippen LogP contribution in [0.15, 0.2) is 29.2 Å². The maximum absolute atomic E-state index is 12.2. The third-order valence-corrected chi connectivity index (χ3v) is 4.42. The fourth-order valence-electron chi connectivity index (χ4n) is 2.55. The Morgan fingerprint density at radius 3 is 2.29 bits per heavy atom. The molecule has 3 N–H and O–H groups in total. The third-order valence-electron chi connectivity index (χ3n) is 3.68. The van der Waals surface area contributed by atoms with E-state index in [-0.39, 0.29) is 28.1 Å². The summed E-state index contributed by atoms with van der Waals surface area (Å²) in [6.07, 6.45) is 3.74. The summed E-state index contributed by atoms with van der Waals surface area (Å²) >= 11 is -0.194. The third kappa shape index (κ3) is 4.38. The van der Waals surface area contributed by atoms with Crippen LogP contribution in [0.2, 0.25) is 0 Å². The van der Waals surface area contributed by atoms with Gasteiger partial charge in [0.2, 0.25) is 0 Å². The molecule has 1 aliphatic carbocycles. The van der Waals surface area contributed by atoms with Crippen LogP contribution >= 0.6 is 11.8 Å². The topological polar surface area (TPSA) is 55.1 Å². The van der Waals surface area contributed by atoms with Crippen LogP contribution in [0.1, 0.15) is 36.0 Å². The largest absolute Gasteiger partial charge is 0.446 e. The second-order valence-electron chi connectivity index (χ2n) is 5.22. The Bertz CT molecular complexity index is 496. The number of nitrogens with one attached hydrogen (secondary N) is 1. The Kier molecular flexibility index (Phi) is 4.83. The van der Waals surface area contributed by atoms with Gasteiger partial charge in [0, 0.05) is 17.0 Å². The molecule has 0 aliphatic heterocycles. The smallest absolute Gasteiger partial charge is 0.345 e. The fraction of sp³-hybridized carbons (Fsp3) is 0.500. The van der Waals surface area contributed by atoms with Gasteiger partial charge in [-0.3, -0.25) is 4.79 Å². The number of amides is 1. The van der Waals surface area contributed by atoms with E-state index in [1.165, 1.54) is 24.3 Å². The van der Waals surface area contributed by atoms with E-state index in [9.17, 15) is 18.0 Å². The number of carbonyl (C=O) groups is 1. The van der Waals surface area contributed by atoms with Crippen molar-refractivity contribution in [2.45, 2.75) is 41.6 Å². The molecule has 0 heterocycles. The molecule has 0 radical (unpaired) electrons. The minimum Gasteiger partial charge on any atom is -0.345 e. The van der Waals surface area contributed by atoms with E-state index in [1.807, 2.05) is 0 Å². The molecular weight excluding hydrogens is 301 g/mol. The van der Waals surface area contributed by atoms with Gasteiger partial charge in [0.1, 0.15) is 0 Å². The average Bonchev–Trinajstić information content (AvgIpc) is 2.87. The van der Waals surface area contributed by atoms with Gasteiger partial charge < -0.3 is 11.1 Å². The molecule has 1 saturated carbocycles. The highest BCUT2D eigenvalue weighted by molar-refractivity contribution is 8.00. The van der Waals surface area contributed by atoms with Crippen molar-refractivity contribution in [1.29, 1.82) is 0 Å². The quantitative estimate of drug-likeness (QED) is 0.838. The molecule has 2 rings (SSSR count). The first kappa shape index (κ1) is 16.2. The Hall–Kier alpha value is -1.21. The Balaban J connectivity index is 2.03. The number of hydrogen-bond acceptors (Lipinski definition) is 3. The van der Waals surface area contributed by atoms with Crippen LogP contribution in [0.25, 0.3) is 0 Å². The van der Waals surface area contributed by atoms with E-state index in [1.54, 1.807) is 0 Å². The Morgan fingerprint density at radius 2 is 1.81 bits per heavy atom. The SMILES string of the molecule is NCC1(NC(=O)c2ccc(SC(F)(F)F)cc2)CCCC1. The van der Waals surface area contributed by atoms with Gasteiger partial charge in [0.15, 0.2) is 0 Å². The van der Waals surface area contributed by atoms with E-state index < -0.39 is 5.51 Å². The average molecular weight is 318 g/mol. The predicted molar refractivity (Wildman–Crippen MR) is 76.1 cm³/mol. The van der Waals surface area contributed by atoms with Gasteiger partial charge in [-0.25, -0.2) is 0 Å². The molecule has 1 aliphatic rings. The summed E-state index contributed by atoms with van der Waals surface area (Å²) in [5.74, 6) is -0.286. The monoisotopic (exact) mass is 318 g/mol. The molecular formula is C14H17F3N2OS. The maximum Gasteiger partial charge on any atom is 0.446 e. The molecule has 0 spiro atoms. The van der Waals surface area contributed by atoms with Crippen molar-refractivity contribution in [1.82, 2.24) is 5.32 Å². The van der Waals surface area contributed by atoms with E-state index in [0.717, 1.165) is 25.7 Å². The molecule has 0 aromatic heterocycles. The fourth-order valence-corrected chi connectivity index (χ4v) is 3.09. The van der Waals surface area contributed by atoms with Gasteiger partial charge in [0.05, 0.1) is 5.54 Å². The van der Waals surface area contributed by atoms with Crippen LogP contribution < -0.4 is 11.1 Å². The van der Waals surface area contributed by atoms with E-state index in [4.69, 9.17) is 5.73 Å². The van der Waals surface area contributed by atoms with Crippen LogP contribution in [-0.2, 0) is 0 Å². The van der Waals surface area contributed by atoms with Gasteiger partial charge in [-0.05, 0) is 48.9 Å². The Morgan fingerprint density at radius 1 is 1.24 bits per heavy atom. The normalized spacial score (nSPS) is 17.7. The number of rotatable bonds is 4. The number of hydrogen-bond donors (Lipinski definition) is 2. The first-order chi connectivity index (χ1) is 9.84. The standard InChI is InChI=1S/C14H17F3N2OS/c15-14(16,17)21-11-5-3-10(4-6-11)12(20)19-13(9-18)7-1-2-8-13/h3-6H,1-2,7-9,18H2,(H,19,20). The van der Waals surface area contributed by atoms with Crippen LogP contribution in [0, 0.1) is 0 Å². The lowest BCUT2D eigenvalue weighted by Crippen LogP contribution is -2.51. The lowest BCUT2D eigenvalue weighted by molar-refractivity contribution is -0.0328. The van der Waals surface area contributed by atoms with Crippen LogP contribution in [0.5, 0.6) is 0 Å². The second-order valence-corrected chi connectivity index (χ2v) is 6.36. The molecule has 1 aromatic rings. The summed E-state index contributed by atoms with van der Waals surface area (Å²) in [4.78, 5) is 12.2. The zero-order valence-corrected chi connectivity index (χ0v) is 12.2. The molecule has 1 fully saturated rings. The molecule has 0 bridgehead atoms. The van der Waals surface area contributed by atoms with Crippen molar-refractivity contribution in [2.75, 3.05) is 6.54 Å². The van der Waals surface area contributed by atoms with E-state index in [0.29, 0.717) is 12.1 Å². The summed E-state index contributed by atoms with van der Waals surface area (Å²) in [5.41, 5.74) is 1.41. The van der Waals surface area contributed by atoms with E-state index >= 15 is 0 Å². The number of nitrogens with two attached hydrogens (primary N) is 1. The van der Waals surface area contributed by atoms with Crippen molar-refractivity contribution >= 4 is 17.7 Å². The molecule has 21 heavy (non-hydrogen) atoms. The molecule has 0 saturated heterocycles. The summed E-state index contributed by atoms with van der Waals surface area (Å²) in [6, 6.07) is 5.42. The van der Waals surface area contributed by atoms with Crippen molar-refractivity contribution in [3.8, 4) is 0 Å². The molecule has 0 atom stereocenters. The highest BCUT2D eigenvalue weighted by Crippen LogP contribution is 2.36. The molecule has 0 unspecified atom stereocenters. The predicted octanol–water partition coefficient (Wildman–Crippen LogP) is 3.30. The second kappa shape index (κ2) is 6.27. The molecule has 1 amide bonds. The highest BCUT2D eigenvalue weighted by atomic mass is 32.2. The highest BCUT2D eigenvalue weighted by Gasteiger charge is 2.34. The van der Waals surface area contributed by atoms with Crippen LogP contribution in [-0.4, -0.2) is 23.5 Å². The number of carbonyl (C=O) groups excluding carboxylic acids is 1. The minimum atomic E-state index is -4.32. The summed E-state index contributed by atoms with van der Waals surface area (Å²) in [7, 11) is 0. The summed E-state index contributed by atoms with van der Waals surface area (Å²) in [6.45, 7) is 0.376. The molecule has 7 heteroatoms. The number of alkyl halides is 3. The van der Waals surface area contributed by atoms with Gasteiger partial charge in [-0.1, -0.05) is 12.8 Å². The van der Waals surface area contributed by atoms with Crippen molar-refractivity contribution < 1.29 is 18.0 Å². The lowest BCUT2D eigenvalue weighted by atomic mass is 9.97. The Labute approximate surface area is 125 Å². The summed E-state index contributed by atoms with van der Waals surface area (Å²) in [5, 5.41) is 2.93. The van der Waals surface area contributed by atoms with Crippen LogP contribution in [0.4, 0.5) is 13.2 Å². The van der Waals surface area contributed by atoms with Gasteiger partial charge >= 0.3 is 5.51 Å². The number of benzene rings is 1. The first-order valence-corrected chi connectivity index (χ1v) is 7.54. The van der Waals surface area contributed by atoms with Gasteiger partial charge in [0.25, 0.3) is 5.91 Å². The minimum absolute atomic E-state index is 0.0634. The van der Waals surface area contributed by atoms with Crippen molar-refractivity contribution in [3.63, 3.8) is 0 Å². The first-order valence-electron chi connectivity index (χ1n) is 6.72. The van der Waals surface area contributed by atoms with Crippen molar-refractivity contribution in [2.24, 2.45) is 5.73 Å². The zero-order valence-electron chi connectivity index (χ0n) is 11.4. The lowest BCUT2D eigenvalue weighted by Gasteiger charge is -2.28. The summed E-state index contributed by atoms with van der Waals surface area (Å²) < 4.78 is 36.7. The molecule has 1 aromatic carbocycles.